The maximum Gasteiger partial charge on any atom is 0.306 e. The Labute approximate surface area is 346 Å². The van der Waals surface area contributed by atoms with Crippen molar-refractivity contribution in [1.29, 1.82) is 0 Å². The van der Waals surface area contributed by atoms with Crippen molar-refractivity contribution in [2.24, 2.45) is 0 Å². The molecule has 0 saturated heterocycles. The maximum atomic E-state index is 13.1. The predicted octanol–water partition coefficient (Wildman–Crippen LogP) is 13.7. The van der Waals surface area contributed by atoms with Crippen LogP contribution in [0.4, 0.5) is 0 Å². The van der Waals surface area contributed by atoms with Gasteiger partial charge in [-0.15, -0.1) is 0 Å². The number of allylic oxidation sites excluding steroid dienone is 10. The summed E-state index contributed by atoms with van der Waals surface area (Å²) >= 11 is 0. The van der Waals surface area contributed by atoms with Crippen LogP contribution in [-0.4, -0.2) is 46.9 Å². The van der Waals surface area contributed by atoms with Gasteiger partial charge in [0.1, 0.15) is 6.10 Å². The molecule has 0 rings (SSSR count). The van der Waals surface area contributed by atoms with Crippen LogP contribution in [0.3, 0.4) is 0 Å². The van der Waals surface area contributed by atoms with Crippen LogP contribution in [0.2, 0.25) is 0 Å². The summed E-state index contributed by atoms with van der Waals surface area (Å²) in [4.78, 5) is 26.0. The summed E-state index contributed by atoms with van der Waals surface area (Å²) in [5.41, 5.74) is 0. The quantitative estimate of drug-likeness (QED) is 0.0248. The predicted molar refractivity (Wildman–Crippen MR) is 241 cm³/mol. The lowest BCUT2D eigenvalue weighted by molar-refractivity contribution is -0.151. The van der Waals surface area contributed by atoms with E-state index in [2.05, 4.69) is 50.4 Å². The van der Waals surface area contributed by atoms with E-state index in [1.165, 1.54) is 109 Å². The van der Waals surface area contributed by atoms with E-state index in [0.717, 1.165) is 64.2 Å². The van der Waals surface area contributed by atoms with Crippen molar-refractivity contribution in [2.45, 2.75) is 238 Å². The van der Waals surface area contributed by atoms with Crippen molar-refractivity contribution < 1.29 is 24.5 Å². The van der Waals surface area contributed by atoms with E-state index in [4.69, 9.17) is 4.74 Å². The highest BCUT2D eigenvalue weighted by molar-refractivity contribution is 5.77. The zero-order chi connectivity index (χ0) is 41.0. The molecular weight excluding hydrogens is 695 g/mol. The highest BCUT2D eigenvalue weighted by Gasteiger charge is 2.24. The van der Waals surface area contributed by atoms with Gasteiger partial charge >= 0.3 is 5.97 Å². The van der Waals surface area contributed by atoms with Crippen LogP contribution in [0.5, 0.6) is 0 Å². The standard InChI is InChI=1S/C50H89NO5/c1-4-7-10-13-16-19-22-23-24-25-26-28-31-34-37-40-43-50(55)56-46(41-38-35-32-29-27-20-17-14-11-8-5-2)44-49(54)51-47(45-52)48(53)42-39-36-33-30-21-18-15-12-9-6-3/h8,11,14,17,20,24-25,27,29,32,46-48,52-53H,4-7,9-10,12-13,15-16,18-19,21-23,26,28,30-31,33-45H2,1-3H3,(H,51,54)/b11-8+,17-14+,25-24+,27-20-,32-29-. The first-order valence-corrected chi connectivity index (χ1v) is 23.6. The third-order valence-corrected chi connectivity index (χ3v) is 10.4. The van der Waals surface area contributed by atoms with Gasteiger partial charge in [-0.05, 0) is 64.2 Å². The number of aliphatic hydroxyl groups excluding tert-OH is 2. The lowest BCUT2D eigenvalue weighted by Gasteiger charge is -2.24. The van der Waals surface area contributed by atoms with Crippen LogP contribution in [0.1, 0.15) is 220 Å². The first kappa shape index (κ1) is 53.6. The molecule has 0 heterocycles. The third kappa shape index (κ3) is 38.4. The summed E-state index contributed by atoms with van der Waals surface area (Å²) in [6, 6.07) is -0.723. The molecule has 6 heteroatoms. The van der Waals surface area contributed by atoms with Gasteiger partial charge in [0.15, 0.2) is 0 Å². The molecule has 0 aliphatic heterocycles. The molecule has 0 aliphatic carbocycles. The normalized spacial score (nSPS) is 13.9. The Kier molecular flexibility index (Phi) is 41.8. The number of nitrogens with one attached hydrogen (secondary N) is 1. The summed E-state index contributed by atoms with van der Waals surface area (Å²) in [7, 11) is 0. The minimum atomic E-state index is -0.805. The smallest absolute Gasteiger partial charge is 0.306 e. The number of hydrogen-bond acceptors (Lipinski definition) is 5. The van der Waals surface area contributed by atoms with Crippen molar-refractivity contribution in [3.63, 3.8) is 0 Å². The average molecular weight is 784 g/mol. The highest BCUT2D eigenvalue weighted by atomic mass is 16.5. The van der Waals surface area contributed by atoms with E-state index in [9.17, 15) is 19.8 Å². The number of carbonyl (C=O) groups is 2. The van der Waals surface area contributed by atoms with Gasteiger partial charge < -0.3 is 20.3 Å². The van der Waals surface area contributed by atoms with Crippen molar-refractivity contribution in [1.82, 2.24) is 5.32 Å². The number of hydrogen-bond donors (Lipinski definition) is 3. The van der Waals surface area contributed by atoms with Crippen molar-refractivity contribution in [3.8, 4) is 0 Å². The van der Waals surface area contributed by atoms with Crippen LogP contribution in [0.15, 0.2) is 60.8 Å². The molecule has 0 aromatic rings. The number of esters is 1. The average Bonchev–Trinajstić information content (AvgIpc) is 3.19. The largest absolute Gasteiger partial charge is 0.462 e. The minimum absolute atomic E-state index is 0.0272. The van der Waals surface area contributed by atoms with E-state index in [1.54, 1.807) is 0 Å². The Morgan fingerprint density at radius 2 is 1.00 bits per heavy atom. The molecule has 0 aromatic carbocycles. The van der Waals surface area contributed by atoms with Gasteiger partial charge in [0.2, 0.25) is 5.91 Å². The Morgan fingerprint density at radius 1 is 0.536 bits per heavy atom. The molecule has 6 nitrogen and oxygen atoms in total. The second kappa shape index (κ2) is 43.7. The maximum absolute atomic E-state index is 13.1. The number of ether oxygens (including phenoxy) is 1. The van der Waals surface area contributed by atoms with E-state index < -0.39 is 18.2 Å². The molecule has 3 N–H and O–H groups in total. The van der Waals surface area contributed by atoms with Gasteiger partial charge in [-0.3, -0.25) is 9.59 Å². The lowest BCUT2D eigenvalue weighted by atomic mass is 10.0. The number of aliphatic hydroxyl groups is 2. The Hall–Kier alpha value is -2.44. The molecule has 0 spiro atoms. The van der Waals surface area contributed by atoms with Crippen LogP contribution in [0.25, 0.3) is 0 Å². The second-order valence-corrected chi connectivity index (χ2v) is 15.9. The Bertz CT molecular complexity index is 1010. The molecule has 0 aromatic heterocycles. The number of amides is 1. The van der Waals surface area contributed by atoms with Gasteiger partial charge in [-0.25, -0.2) is 0 Å². The lowest BCUT2D eigenvalue weighted by Crippen LogP contribution is -2.46. The molecule has 1 amide bonds. The van der Waals surface area contributed by atoms with E-state index >= 15 is 0 Å². The van der Waals surface area contributed by atoms with Crippen LogP contribution in [-0.2, 0) is 14.3 Å². The van der Waals surface area contributed by atoms with Crippen LogP contribution < -0.4 is 5.32 Å². The van der Waals surface area contributed by atoms with Crippen molar-refractivity contribution in [2.75, 3.05) is 6.61 Å². The van der Waals surface area contributed by atoms with Crippen LogP contribution >= 0.6 is 0 Å². The van der Waals surface area contributed by atoms with Gasteiger partial charge in [0.25, 0.3) is 0 Å². The van der Waals surface area contributed by atoms with E-state index in [-0.39, 0.29) is 24.9 Å². The summed E-state index contributed by atoms with van der Waals surface area (Å²) in [5, 5.41) is 23.6. The molecule has 56 heavy (non-hydrogen) atoms. The molecule has 3 unspecified atom stereocenters. The topological polar surface area (TPSA) is 95.9 Å². The summed E-state index contributed by atoms with van der Waals surface area (Å²) < 4.78 is 5.86. The molecule has 324 valence electrons. The number of rotatable bonds is 41. The Balaban J connectivity index is 4.64. The van der Waals surface area contributed by atoms with Gasteiger partial charge in [0, 0.05) is 6.42 Å². The fourth-order valence-electron chi connectivity index (χ4n) is 6.85. The molecule has 0 bridgehead atoms. The molecule has 0 fully saturated rings. The Morgan fingerprint density at radius 3 is 1.54 bits per heavy atom. The number of unbranched alkanes of at least 4 members (excludes halogenated alkanes) is 22. The first-order chi connectivity index (χ1) is 27.5. The van der Waals surface area contributed by atoms with E-state index in [0.29, 0.717) is 19.3 Å². The molecular formula is C50H89NO5. The molecule has 3 atom stereocenters. The first-order valence-electron chi connectivity index (χ1n) is 23.6. The fraction of sp³-hybridized carbons (Fsp3) is 0.760. The molecule has 0 radical (unpaired) electrons. The zero-order valence-corrected chi connectivity index (χ0v) is 36.8. The SMILES string of the molecule is CC/C=C/C=C/C=C\C=C/CCCC(CC(=O)NC(CO)C(O)CCCCCCCCCCCC)OC(=O)CCCCCCC/C=C/CCCCCCCCC. The van der Waals surface area contributed by atoms with Gasteiger partial charge in [-0.2, -0.15) is 0 Å². The molecule has 0 saturated carbocycles. The monoisotopic (exact) mass is 784 g/mol. The summed E-state index contributed by atoms with van der Waals surface area (Å²) in [6.45, 7) is 6.29. The molecule has 0 aliphatic rings. The van der Waals surface area contributed by atoms with Gasteiger partial charge in [0.05, 0.1) is 25.2 Å². The van der Waals surface area contributed by atoms with Crippen LogP contribution in [0, 0.1) is 0 Å². The van der Waals surface area contributed by atoms with Crippen molar-refractivity contribution >= 4 is 11.9 Å². The number of carbonyl (C=O) groups excluding carboxylic acids is 2. The summed E-state index contributed by atoms with van der Waals surface area (Å²) in [6.07, 6.45) is 52.9. The van der Waals surface area contributed by atoms with E-state index in [1.807, 2.05) is 36.5 Å². The minimum Gasteiger partial charge on any atom is -0.462 e. The fourth-order valence-corrected chi connectivity index (χ4v) is 6.85. The summed E-state index contributed by atoms with van der Waals surface area (Å²) in [5.74, 6) is -0.555. The zero-order valence-electron chi connectivity index (χ0n) is 36.8. The highest BCUT2D eigenvalue weighted by Crippen LogP contribution is 2.16. The van der Waals surface area contributed by atoms with Crippen molar-refractivity contribution in [3.05, 3.63) is 60.8 Å². The third-order valence-electron chi connectivity index (χ3n) is 10.4. The second-order valence-electron chi connectivity index (χ2n) is 15.9. The van der Waals surface area contributed by atoms with Gasteiger partial charge in [-0.1, -0.05) is 204 Å².